The molecular formula is C21H21ClFN3O6S. The van der Waals surface area contributed by atoms with Crippen molar-refractivity contribution in [3.8, 4) is 5.75 Å². The second-order valence-corrected chi connectivity index (χ2v) is 10.5. The van der Waals surface area contributed by atoms with Gasteiger partial charge in [-0.1, -0.05) is 18.5 Å². The van der Waals surface area contributed by atoms with E-state index in [1.807, 2.05) is 6.92 Å². The molecule has 2 amide bonds. The van der Waals surface area contributed by atoms with Gasteiger partial charge in [-0.2, -0.15) is 0 Å². The van der Waals surface area contributed by atoms with Crippen LogP contribution < -0.4 is 19.7 Å². The highest BCUT2D eigenvalue weighted by molar-refractivity contribution is 7.92. The molecular weight excluding hydrogens is 477 g/mol. The van der Waals surface area contributed by atoms with Gasteiger partial charge in [-0.25, -0.2) is 17.6 Å². The maximum Gasteiger partial charge on any atom is 0.409 e. The topological polar surface area (TPSA) is 125 Å². The van der Waals surface area contributed by atoms with Crippen molar-refractivity contribution in [3.63, 3.8) is 0 Å². The first-order valence-electron chi connectivity index (χ1n) is 10.1. The summed E-state index contributed by atoms with van der Waals surface area (Å²) in [6.07, 6.45) is -0.454. The SMILES string of the molecule is CC1(C(=O)NCC2CN(S(=O)(=O)c3ccc(F)c(Cl)c3)c3cc(NC(=O)O)ccc3O2)CC1. The van der Waals surface area contributed by atoms with Gasteiger partial charge in [-0.15, -0.1) is 0 Å². The number of rotatable bonds is 6. The average Bonchev–Trinajstić information content (AvgIpc) is 3.51. The van der Waals surface area contributed by atoms with Crippen molar-refractivity contribution >= 4 is 45.0 Å². The fourth-order valence-corrected chi connectivity index (χ4v) is 5.22. The third-order valence-electron chi connectivity index (χ3n) is 5.66. The number of sulfonamides is 1. The lowest BCUT2D eigenvalue weighted by Gasteiger charge is -2.36. The standard InChI is InChI=1S/C21H21ClFN3O6S/c1-21(6-7-21)19(27)24-10-13-11-26(33(30,31)14-3-4-16(23)15(22)9-14)17-8-12(25-20(28)29)2-5-18(17)32-13/h2-5,8-9,13,25H,6-7,10-11H2,1H3,(H,24,27)(H,28,29). The molecule has 1 saturated carbocycles. The second kappa shape index (κ2) is 8.38. The zero-order valence-electron chi connectivity index (χ0n) is 17.5. The number of hydrogen-bond acceptors (Lipinski definition) is 5. The number of carbonyl (C=O) groups excluding carboxylic acids is 1. The number of amides is 2. The average molecular weight is 498 g/mol. The lowest BCUT2D eigenvalue weighted by atomic mass is 10.1. The number of benzene rings is 2. The summed E-state index contributed by atoms with van der Waals surface area (Å²) in [6, 6.07) is 7.25. The molecule has 2 aliphatic rings. The first-order chi connectivity index (χ1) is 15.5. The highest BCUT2D eigenvalue weighted by Crippen LogP contribution is 2.45. The van der Waals surface area contributed by atoms with Crippen LogP contribution in [-0.2, 0) is 14.8 Å². The van der Waals surface area contributed by atoms with Crippen molar-refractivity contribution in [3.05, 3.63) is 47.2 Å². The Labute approximate surface area is 194 Å². The van der Waals surface area contributed by atoms with Gasteiger partial charge in [0, 0.05) is 11.1 Å². The van der Waals surface area contributed by atoms with E-state index in [-0.39, 0.29) is 46.0 Å². The summed E-state index contributed by atoms with van der Waals surface area (Å²) < 4.78 is 47.5. The number of nitrogens with one attached hydrogen (secondary N) is 2. The largest absolute Gasteiger partial charge is 0.484 e. The minimum atomic E-state index is -4.23. The molecule has 12 heteroatoms. The minimum Gasteiger partial charge on any atom is -0.484 e. The van der Waals surface area contributed by atoms with Gasteiger partial charge in [0.1, 0.15) is 17.7 Å². The van der Waals surface area contributed by atoms with Gasteiger partial charge in [0.05, 0.1) is 28.7 Å². The van der Waals surface area contributed by atoms with E-state index in [9.17, 15) is 22.4 Å². The Hall–Kier alpha value is -3.05. The lowest BCUT2D eigenvalue weighted by molar-refractivity contribution is -0.126. The van der Waals surface area contributed by atoms with Crippen LogP contribution in [0.1, 0.15) is 19.8 Å². The monoisotopic (exact) mass is 497 g/mol. The Morgan fingerprint density at radius 2 is 2.00 bits per heavy atom. The molecule has 1 aliphatic heterocycles. The molecule has 1 heterocycles. The number of fused-ring (bicyclic) bond motifs is 1. The van der Waals surface area contributed by atoms with Crippen molar-refractivity contribution in [1.82, 2.24) is 5.32 Å². The molecule has 2 aromatic carbocycles. The van der Waals surface area contributed by atoms with E-state index in [2.05, 4.69) is 10.6 Å². The number of hydrogen-bond donors (Lipinski definition) is 3. The smallest absolute Gasteiger partial charge is 0.409 e. The Bertz CT molecular complexity index is 1230. The Morgan fingerprint density at radius 3 is 2.64 bits per heavy atom. The quantitative estimate of drug-likeness (QED) is 0.561. The van der Waals surface area contributed by atoms with Crippen LogP contribution in [0.25, 0.3) is 0 Å². The molecule has 9 nitrogen and oxygen atoms in total. The van der Waals surface area contributed by atoms with Gasteiger partial charge in [0.15, 0.2) is 0 Å². The predicted molar refractivity (Wildman–Crippen MR) is 119 cm³/mol. The molecule has 1 unspecified atom stereocenters. The molecule has 0 saturated heterocycles. The molecule has 0 radical (unpaired) electrons. The first-order valence-corrected chi connectivity index (χ1v) is 11.9. The molecule has 3 N–H and O–H groups in total. The Kier molecular flexibility index (Phi) is 5.87. The summed E-state index contributed by atoms with van der Waals surface area (Å²) >= 11 is 5.80. The lowest BCUT2D eigenvalue weighted by Crippen LogP contribution is -2.49. The van der Waals surface area contributed by atoms with E-state index in [1.165, 1.54) is 18.2 Å². The molecule has 33 heavy (non-hydrogen) atoms. The third kappa shape index (κ3) is 4.69. The van der Waals surface area contributed by atoms with Crippen LogP contribution in [0.4, 0.5) is 20.6 Å². The van der Waals surface area contributed by atoms with Gasteiger partial charge in [-0.3, -0.25) is 14.4 Å². The van der Waals surface area contributed by atoms with Crippen molar-refractivity contribution in [1.29, 1.82) is 0 Å². The highest BCUT2D eigenvalue weighted by Gasteiger charge is 2.45. The number of ether oxygens (including phenoxy) is 1. The summed E-state index contributed by atoms with van der Waals surface area (Å²) in [6.45, 7) is 1.75. The third-order valence-corrected chi connectivity index (χ3v) is 7.72. The van der Waals surface area contributed by atoms with Crippen LogP contribution in [0.2, 0.25) is 5.02 Å². The van der Waals surface area contributed by atoms with E-state index in [1.54, 1.807) is 0 Å². The molecule has 1 atom stereocenters. The number of nitrogens with zero attached hydrogens (tertiary/aromatic N) is 1. The normalized spacial score (nSPS) is 18.6. The summed E-state index contributed by atoms with van der Waals surface area (Å²) in [5.41, 5.74) is -0.172. The fraction of sp³-hybridized carbons (Fsp3) is 0.333. The molecule has 4 rings (SSSR count). The fourth-order valence-electron chi connectivity index (χ4n) is 3.45. The van der Waals surface area contributed by atoms with E-state index in [0.717, 1.165) is 35.3 Å². The first kappa shape index (κ1) is 23.1. The van der Waals surface area contributed by atoms with Crippen LogP contribution >= 0.6 is 11.6 Å². The molecule has 0 bridgehead atoms. The van der Waals surface area contributed by atoms with E-state index in [0.29, 0.717) is 0 Å². The van der Waals surface area contributed by atoms with Gasteiger partial charge in [0.2, 0.25) is 5.91 Å². The van der Waals surface area contributed by atoms with Crippen LogP contribution in [0, 0.1) is 11.2 Å². The van der Waals surface area contributed by atoms with Crippen LogP contribution in [0.15, 0.2) is 41.3 Å². The zero-order valence-corrected chi connectivity index (χ0v) is 19.0. The number of halogens is 2. The van der Waals surface area contributed by atoms with Crippen molar-refractivity contribution < 1.29 is 32.2 Å². The van der Waals surface area contributed by atoms with Crippen LogP contribution in [0.5, 0.6) is 5.75 Å². The van der Waals surface area contributed by atoms with E-state index >= 15 is 0 Å². The maximum absolute atomic E-state index is 13.6. The predicted octanol–water partition coefficient (Wildman–Crippen LogP) is 3.44. The molecule has 176 valence electrons. The Morgan fingerprint density at radius 1 is 1.27 bits per heavy atom. The minimum absolute atomic E-state index is 0.0686. The molecule has 1 fully saturated rings. The number of carboxylic acid groups (broad SMARTS) is 1. The van der Waals surface area contributed by atoms with Crippen molar-refractivity contribution in [2.45, 2.75) is 30.8 Å². The summed E-state index contributed by atoms with van der Waals surface area (Å²) in [5, 5.41) is 13.6. The molecule has 0 aromatic heterocycles. The van der Waals surface area contributed by atoms with Crippen LogP contribution in [-0.4, -0.2) is 44.7 Å². The van der Waals surface area contributed by atoms with Gasteiger partial charge >= 0.3 is 6.09 Å². The van der Waals surface area contributed by atoms with Crippen molar-refractivity contribution in [2.24, 2.45) is 5.41 Å². The zero-order chi connectivity index (χ0) is 24.0. The van der Waals surface area contributed by atoms with Crippen LogP contribution in [0.3, 0.4) is 0 Å². The second-order valence-electron chi connectivity index (χ2n) is 8.24. The van der Waals surface area contributed by atoms with E-state index < -0.39 is 33.5 Å². The maximum atomic E-state index is 13.6. The molecule has 0 spiro atoms. The summed E-state index contributed by atoms with van der Waals surface area (Å²) in [5.74, 6) is -0.705. The summed E-state index contributed by atoms with van der Waals surface area (Å²) in [7, 11) is -4.23. The van der Waals surface area contributed by atoms with E-state index in [4.69, 9.17) is 21.4 Å². The summed E-state index contributed by atoms with van der Waals surface area (Å²) in [4.78, 5) is 23.1. The van der Waals surface area contributed by atoms with Gasteiger partial charge in [-0.05, 0) is 49.2 Å². The van der Waals surface area contributed by atoms with Gasteiger partial charge < -0.3 is 15.2 Å². The van der Waals surface area contributed by atoms with Gasteiger partial charge in [0.25, 0.3) is 10.0 Å². The molecule has 1 aliphatic carbocycles. The Balaban J connectivity index is 1.68. The van der Waals surface area contributed by atoms with Crippen molar-refractivity contribution in [2.75, 3.05) is 22.7 Å². The number of anilines is 2. The molecule has 2 aromatic rings. The highest BCUT2D eigenvalue weighted by atomic mass is 35.5. The number of carbonyl (C=O) groups is 2.